The van der Waals surface area contributed by atoms with Crippen molar-refractivity contribution in [1.29, 1.82) is 0 Å². The van der Waals surface area contributed by atoms with Crippen LogP contribution in [0.3, 0.4) is 0 Å². The number of carbonyl (C=O) groups is 2. The summed E-state index contributed by atoms with van der Waals surface area (Å²) in [7, 11) is 2.04. The number of anilines is 1. The highest BCUT2D eigenvalue weighted by molar-refractivity contribution is 8.00. The average molecular weight is 384 g/mol. The van der Waals surface area contributed by atoms with E-state index < -0.39 is 0 Å². The molecule has 1 heterocycles. The van der Waals surface area contributed by atoms with Gasteiger partial charge in [0.05, 0.1) is 11.4 Å². The third-order valence-electron chi connectivity index (χ3n) is 4.55. The first-order valence-electron chi connectivity index (χ1n) is 9.16. The van der Waals surface area contributed by atoms with Crippen LogP contribution in [-0.4, -0.2) is 49.1 Å². The van der Waals surface area contributed by atoms with Crippen LogP contribution in [0.15, 0.2) is 53.4 Å². The Morgan fingerprint density at radius 2 is 2.00 bits per heavy atom. The second-order valence-corrected chi connectivity index (χ2v) is 7.61. The highest BCUT2D eigenvalue weighted by Gasteiger charge is 2.24. The Balaban J connectivity index is 1.55. The minimum absolute atomic E-state index is 0.0927. The smallest absolute Gasteiger partial charge is 0.251 e. The SMILES string of the molecule is CCN1C(=O)CSc2ccc(C(=O)NCCN(C)Cc3ccccc3)cc21. The van der Waals surface area contributed by atoms with Crippen molar-refractivity contribution in [2.45, 2.75) is 18.4 Å². The van der Waals surface area contributed by atoms with Gasteiger partial charge < -0.3 is 15.1 Å². The number of rotatable bonds is 7. The standard InChI is InChI=1S/C21H25N3O2S/c1-3-24-18-13-17(9-10-19(18)27-15-20(24)25)21(26)22-11-12-23(2)14-16-7-5-4-6-8-16/h4-10,13H,3,11-12,14-15H2,1-2H3,(H,22,26). The summed E-state index contributed by atoms with van der Waals surface area (Å²) < 4.78 is 0. The molecule has 0 saturated carbocycles. The Bertz CT molecular complexity index is 810. The fraction of sp³-hybridized carbons (Fsp3) is 0.333. The molecule has 0 bridgehead atoms. The van der Waals surface area contributed by atoms with E-state index in [9.17, 15) is 9.59 Å². The average Bonchev–Trinajstić information content (AvgIpc) is 2.68. The van der Waals surface area contributed by atoms with Gasteiger partial charge in [0.25, 0.3) is 5.91 Å². The molecule has 27 heavy (non-hydrogen) atoms. The quantitative estimate of drug-likeness (QED) is 0.799. The van der Waals surface area contributed by atoms with E-state index in [1.165, 1.54) is 17.3 Å². The zero-order valence-electron chi connectivity index (χ0n) is 15.8. The monoisotopic (exact) mass is 383 g/mol. The lowest BCUT2D eigenvalue weighted by molar-refractivity contribution is -0.116. The molecule has 0 unspecified atom stereocenters. The number of nitrogens with zero attached hydrogens (tertiary/aromatic N) is 2. The fourth-order valence-electron chi connectivity index (χ4n) is 3.13. The summed E-state index contributed by atoms with van der Waals surface area (Å²) in [4.78, 5) is 29.5. The molecule has 142 valence electrons. The molecule has 2 amide bonds. The first kappa shape index (κ1) is 19.5. The predicted octanol–water partition coefficient (Wildman–Crippen LogP) is 3.01. The van der Waals surface area contributed by atoms with Crippen molar-refractivity contribution in [2.24, 2.45) is 0 Å². The van der Waals surface area contributed by atoms with Crippen molar-refractivity contribution < 1.29 is 9.59 Å². The topological polar surface area (TPSA) is 52.7 Å². The van der Waals surface area contributed by atoms with Gasteiger partial charge in [0, 0.05) is 36.6 Å². The molecule has 3 rings (SSSR count). The first-order chi connectivity index (χ1) is 13.1. The van der Waals surface area contributed by atoms with Gasteiger partial charge >= 0.3 is 0 Å². The van der Waals surface area contributed by atoms with E-state index in [-0.39, 0.29) is 11.8 Å². The summed E-state index contributed by atoms with van der Waals surface area (Å²) in [6, 6.07) is 15.9. The van der Waals surface area contributed by atoms with Gasteiger partial charge in [-0.05, 0) is 37.7 Å². The summed E-state index contributed by atoms with van der Waals surface area (Å²) in [5, 5.41) is 2.98. The number of hydrogen-bond donors (Lipinski definition) is 1. The van der Waals surface area contributed by atoms with Gasteiger partial charge in [-0.1, -0.05) is 30.3 Å². The van der Waals surface area contributed by atoms with Gasteiger partial charge in [0.15, 0.2) is 0 Å². The highest BCUT2D eigenvalue weighted by atomic mass is 32.2. The van der Waals surface area contributed by atoms with Crippen molar-refractivity contribution in [2.75, 3.05) is 37.3 Å². The van der Waals surface area contributed by atoms with Crippen molar-refractivity contribution in [3.05, 3.63) is 59.7 Å². The molecule has 2 aromatic carbocycles. The van der Waals surface area contributed by atoms with E-state index in [4.69, 9.17) is 0 Å². The van der Waals surface area contributed by atoms with E-state index in [2.05, 4.69) is 22.3 Å². The van der Waals surface area contributed by atoms with Crippen LogP contribution >= 0.6 is 11.8 Å². The third-order valence-corrected chi connectivity index (χ3v) is 5.60. The van der Waals surface area contributed by atoms with Crippen molar-refractivity contribution in [1.82, 2.24) is 10.2 Å². The predicted molar refractivity (Wildman–Crippen MR) is 110 cm³/mol. The normalized spacial score (nSPS) is 13.6. The Morgan fingerprint density at radius 1 is 1.22 bits per heavy atom. The molecule has 0 radical (unpaired) electrons. The van der Waals surface area contributed by atoms with Crippen LogP contribution in [0.1, 0.15) is 22.8 Å². The molecule has 1 aliphatic rings. The first-order valence-corrected chi connectivity index (χ1v) is 10.1. The van der Waals surface area contributed by atoms with E-state index in [1.54, 1.807) is 4.90 Å². The molecule has 0 aromatic heterocycles. The van der Waals surface area contributed by atoms with Crippen LogP contribution in [0, 0.1) is 0 Å². The second kappa shape index (κ2) is 9.06. The zero-order chi connectivity index (χ0) is 19.2. The number of carbonyl (C=O) groups excluding carboxylic acids is 2. The van der Waals surface area contributed by atoms with Crippen molar-refractivity contribution in [3.8, 4) is 0 Å². The molecule has 0 spiro atoms. The second-order valence-electron chi connectivity index (χ2n) is 6.59. The maximum Gasteiger partial charge on any atom is 0.251 e. The number of likely N-dealkylation sites (N-methyl/N-ethyl adjacent to an activating group) is 1. The lowest BCUT2D eigenvalue weighted by atomic mass is 10.1. The molecule has 1 aliphatic heterocycles. The van der Waals surface area contributed by atoms with Gasteiger partial charge in [0.2, 0.25) is 5.91 Å². The molecule has 5 nitrogen and oxygen atoms in total. The van der Waals surface area contributed by atoms with E-state index in [0.29, 0.717) is 24.4 Å². The largest absolute Gasteiger partial charge is 0.351 e. The van der Waals surface area contributed by atoms with Crippen LogP contribution in [0.5, 0.6) is 0 Å². The van der Waals surface area contributed by atoms with Gasteiger partial charge in [-0.25, -0.2) is 0 Å². The van der Waals surface area contributed by atoms with Crippen molar-refractivity contribution in [3.63, 3.8) is 0 Å². The highest BCUT2D eigenvalue weighted by Crippen LogP contribution is 2.35. The van der Waals surface area contributed by atoms with Crippen LogP contribution < -0.4 is 10.2 Å². The van der Waals surface area contributed by atoms with Crippen LogP contribution in [0.2, 0.25) is 0 Å². The molecule has 0 atom stereocenters. The number of fused-ring (bicyclic) bond motifs is 1. The third kappa shape index (κ3) is 4.90. The number of benzene rings is 2. The van der Waals surface area contributed by atoms with E-state index in [0.717, 1.165) is 23.7 Å². The minimum atomic E-state index is -0.106. The van der Waals surface area contributed by atoms with Crippen LogP contribution in [0.4, 0.5) is 5.69 Å². The Hall–Kier alpha value is -2.31. The Labute approximate surface area is 164 Å². The van der Waals surface area contributed by atoms with Gasteiger partial charge in [-0.3, -0.25) is 9.59 Å². The molecule has 2 aromatic rings. The molecular weight excluding hydrogens is 358 g/mol. The van der Waals surface area contributed by atoms with E-state index in [1.807, 2.05) is 50.4 Å². The maximum absolute atomic E-state index is 12.5. The Kier molecular flexibility index (Phi) is 6.53. The number of amides is 2. The number of nitrogens with one attached hydrogen (secondary N) is 1. The van der Waals surface area contributed by atoms with Gasteiger partial charge in [0.1, 0.15) is 0 Å². The fourth-order valence-corrected chi connectivity index (χ4v) is 4.04. The summed E-state index contributed by atoms with van der Waals surface area (Å²) in [6.07, 6.45) is 0. The van der Waals surface area contributed by atoms with Gasteiger partial charge in [-0.15, -0.1) is 11.8 Å². The van der Waals surface area contributed by atoms with Crippen molar-refractivity contribution >= 4 is 29.3 Å². The van der Waals surface area contributed by atoms with E-state index >= 15 is 0 Å². The maximum atomic E-state index is 12.5. The molecule has 1 N–H and O–H groups in total. The molecule has 0 aliphatic carbocycles. The molecule has 0 saturated heterocycles. The summed E-state index contributed by atoms with van der Waals surface area (Å²) >= 11 is 1.53. The lowest BCUT2D eigenvalue weighted by Gasteiger charge is -2.28. The number of thioether (sulfide) groups is 1. The molecule has 6 heteroatoms. The van der Waals surface area contributed by atoms with Crippen LogP contribution in [-0.2, 0) is 11.3 Å². The lowest BCUT2D eigenvalue weighted by Crippen LogP contribution is -2.36. The molecular formula is C21H25N3O2S. The summed E-state index contributed by atoms with van der Waals surface area (Å²) in [5.74, 6) is 0.445. The Morgan fingerprint density at radius 3 is 2.74 bits per heavy atom. The minimum Gasteiger partial charge on any atom is -0.351 e. The molecule has 0 fully saturated rings. The van der Waals surface area contributed by atoms with Gasteiger partial charge in [-0.2, -0.15) is 0 Å². The zero-order valence-corrected chi connectivity index (χ0v) is 16.6. The summed E-state index contributed by atoms with van der Waals surface area (Å²) in [5.41, 5.74) is 2.68. The van der Waals surface area contributed by atoms with Crippen LogP contribution in [0.25, 0.3) is 0 Å². The number of hydrogen-bond acceptors (Lipinski definition) is 4. The summed E-state index contributed by atoms with van der Waals surface area (Å²) in [6.45, 7) is 4.75.